The van der Waals surface area contributed by atoms with Gasteiger partial charge in [0, 0.05) is 24.0 Å². The van der Waals surface area contributed by atoms with Crippen molar-refractivity contribution in [2.75, 3.05) is 13.2 Å². The average molecular weight is 417 g/mol. The van der Waals surface area contributed by atoms with Gasteiger partial charge in [-0.1, -0.05) is 30.0 Å². The van der Waals surface area contributed by atoms with E-state index in [-0.39, 0.29) is 22.4 Å². The van der Waals surface area contributed by atoms with Gasteiger partial charge in [-0.15, -0.1) is 0 Å². The molecular weight excluding hydrogens is 396 g/mol. The molecule has 0 unspecified atom stereocenters. The van der Waals surface area contributed by atoms with Crippen LogP contribution in [-0.4, -0.2) is 29.1 Å². The first-order chi connectivity index (χ1) is 14.0. The molecule has 2 atom stereocenters. The molecule has 152 valence electrons. The second kappa shape index (κ2) is 7.76. The number of carbonyl (C=O) groups excluding carboxylic acids is 1. The van der Waals surface area contributed by atoms with Crippen LogP contribution in [-0.2, 0) is 9.67 Å². The summed E-state index contributed by atoms with van der Waals surface area (Å²) in [5, 5.41) is 6.14. The van der Waals surface area contributed by atoms with E-state index in [0.29, 0.717) is 25.3 Å². The summed E-state index contributed by atoms with van der Waals surface area (Å²) < 4.78 is 34.3. The van der Waals surface area contributed by atoms with Crippen molar-refractivity contribution < 1.29 is 18.3 Å². The van der Waals surface area contributed by atoms with Crippen molar-refractivity contribution in [3.05, 3.63) is 65.2 Å². The van der Waals surface area contributed by atoms with Crippen LogP contribution in [0.4, 0.5) is 8.78 Å². The first-order valence-corrected chi connectivity index (χ1v) is 10.2. The Kier molecular flexibility index (Phi) is 5.31. The van der Waals surface area contributed by atoms with Gasteiger partial charge < -0.3 is 10.5 Å². The number of fused-ring (bicyclic) bond motifs is 2. The lowest BCUT2D eigenvalue weighted by atomic mass is 9.86. The van der Waals surface area contributed by atoms with Crippen LogP contribution in [0.5, 0.6) is 5.75 Å². The molecule has 2 aromatic carbocycles. The monoisotopic (exact) mass is 417 g/mol. The van der Waals surface area contributed by atoms with E-state index in [1.807, 2.05) is 24.3 Å². The van der Waals surface area contributed by atoms with Gasteiger partial charge in [0.25, 0.3) is 0 Å². The summed E-state index contributed by atoms with van der Waals surface area (Å²) in [5.41, 5.74) is 6.57. The van der Waals surface area contributed by atoms with E-state index >= 15 is 0 Å². The van der Waals surface area contributed by atoms with E-state index < -0.39 is 16.5 Å². The predicted octanol–water partition coefficient (Wildman–Crippen LogP) is 3.82. The quantitative estimate of drug-likeness (QED) is 0.821. The predicted molar refractivity (Wildman–Crippen MR) is 108 cm³/mol. The first kappa shape index (κ1) is 19.8. The van der Waals surface area contributed by atoms with Gasteiger partial charge in [-0.2, -0.15) is 5.10 Å². The number of nitrogens with two attached hydrogens (primary N) is 1. The Morgan fingerprint density at radius 2 is 2.14 bits per heavy atom. The van der Waals surface area contributed by atoms with Gasteiger partial charge in [-0.05, 0) is 43.7 Å². The fraction of sp³-hybridized carbons (Fsp3) is 0.333. The number of para-hydroxylation sites is 1. The van der Waals surface area contributed by atoms with Crippen LogP contribution in [0.2, 0.25) is 0 Å². The molecule has 8 heteroatoms. The maximum atomic E-state index is 14.5. The van der Waals surface area contributed by atoms with E-state index in [1.54, 1.807) is 0 Å². The SMILES string of the molecule is CC(=O)N1N=C(c2cc(F)ccc2F)S[C@@]12c1ccccc1OC[C@H]2CCCN. The van der Waals surface area contributed by atoms with Gasteiger partial charge in [0.2, 0.25) is 5.91 Å². The van der Waals surface area contributed by atoms with Crippen molar-refractivity contribution in [3.8, 4) is 5.75 Å². The number of carbonyl (C=O) groups is 1. The number of halogens is 2. The molecule has 0 aromatic heterocycles. The third-order valence-electron chi connectivity index (χ3n) is 5.24. The van der Waals surface area contributed by atoms with Crippen molar-refractivity contribution in [1.29, 1.82) is 0 Å². The Labute approximate surface area is 171 Å². The topological polar surface area (TPSA) is 67.9 Å². The number of amides is 1. The summed E-state index contributed by atoms with van der Waals surface area (Å²) in [6.45, 7) is 2.31. The molecule has 2 heterocycles. The van der Waals surface area contributed by atoms with Crippen LogP contribution in [0.15, 0.2) is 47.6 Å². The lowest BCUT2D eigenvalue weighted by Gasteiger charge is -2.45. The zero-order chi connectivity index (χ0) is 20.6. The average Bonchev–Trinajstić information content (AvgIpc) is 3.11. The summed E-state index contributed by atoms with van der Waals surface area (Å²) in [6, 6.07) is 10.7. The van der Waals surface area contributed by atoms with E-state index in [1.165, 1.54) is 23.7 Å². The zero-order valence-corrected chi connectivity index (χ0v) is 16.7. The van der Waals surface area contributed by atoms with E-state index in [0.717, 1.165) is 30.2 Å². The molecule has 2 aromatic rings. The summed E-state index contributed by atoms with van der Waals surface area (Å²) in [6.07, 6.45) is 1.45. The van der Waals surface area contributed by atoms with Crippen molar-refractivity contribution in [1.82, 2.24) is 5.01 Å². The van der Waals surface area contributed by atoms with Gasteiger partial charge in [0.15, 0.2) is 4.87 Å². The molecule has 0 aliphatic carbocycles. The Balaban J connectivity index is 1.87. The van der Waals surface area contributed by atoms with E-state index in [4.69, 9.17) is 10.5 Å². The zero-order valence-electron chi connectivity index (χ0n) is 15.9. The van der Waals surface area contributed by atoms with Crippen LogP contribution in [0, 0.1) is 17.6 Å². The lowest BCUT2D eigenvalue weighted by Crippen LogP contribution is -2.50. The number of thioether (sulfide) groups is 1. The molecule has 0 radical (unpaired) electrons. The Morgan fingerprint density at radius 1 is 1.34 bits per heavy atom. The maximum Gasteiger partial charge on any atom is 0.241 e. The number of hydrogen-bond acceptors (Lipinski definition) is 5. The summed E-state index contributed by atoms with van der Waals surface area (Å²) in [7, 11) is 0. The highest BCUT2D eigenvalue weighted by Crippen LogP contribution is 2.57. The molecule has 2 aliphatic heterocycles. The van der Waals surface area contributed by atoms with Gasteiger partial charge >= 0.3 is 0 Å². The minimum atomic E-state index is -0.899. The summed E-state index contributed by atoms with van der Waals surface area (Å²) in [4.78, 5) is 11.8. The molecule has 2 N–H and O–H groups in total. The normalized spacial score (nSPS) is 23.0. The molecule has 5 nitrogen and oxygen atoms in total. The van der Waals surface area contributed by atoms with Crippen molar-refractivity contribution >= 4 is 22.7 Å². The van der Waals surface area contributed by atoms with Crippen molar-refractivity contribution in [2.45, 2.75) is 24.6 Å². The molecule has 0 saturated heterocycles. The fourth-order valence-corrected chi connectivity index (χ4v) is 5.50. The second-order valence-corrected chi connectivity index (χ2v) is 8.31. The molecule has 0 fully saturated rings. The minimum absolute atomic E-state index is 0.0414. The summed E-state index contributed by atoms with van der Waals surface area (Å²) >= 11 is 1.28. The molecule has 1 spiro atoms. The van der Waals surface area contributed by atoms with Crippen LogP contribution in [0.1, 0.15) is 30.9 Å². The smallest absolute Gasteiger partial charge is 0.241 e. The second-order valence-electron chi connectivity index (χ2n) is 7.09. The van der Waals surface area contributed by atoms with Crippen molar-refractivity contribution in [2.24, 2.45) is 16.8 Å². The third kappa shape index (κ3) is 3.30. The number of ether oxygens (including phenoxy) is 1. The molecule has 29 heavy (non-hydrogen) atoms. The number of hydrogen-bond donors (Lipinski definition) is 1. The van der Waals surface area contributed by atoms with Crippen molar-refractivity contribution in [3.63, 3.8) is 0 Å². The minimum Gasteiger partial charge on any atom is -0.493 e. The van der Waals surface area contributed by atoms with Crippen LogP contribution in [0.3, 0.4) is 0 Å². The van der Waals surface area contributed by atoms with Gasteiger partial charge in [-0.25, -0.2) is 13.8 Å². The first-order valence-electron chi connectivity index (χ1n) is 9.43. The molecular formula is C21H21F2N3O2S. The van der Waals surface area contributed by atoms with Crippen LogP contribution < -0.4 is 10.5 Å². The highest BCUT2D eigenvalue weighted by atomic mass is 32.2. The number of rotatable bonds is 4. The largest absolute Gasteiger partial charge is 0.493 e. The molecule has 0 bridgehead atoms. The van der Waals surface area contributed by atoms with Gasteiger partial charge in [0.05, 0.1) is 6.61 Å². The molecule has 0 saturated carbocycles. The van der Waals surface area contributed by atoms with Crippen LogP contribution in [0.25, 0.3) is 0 Å². The Morgan fingerprint density at radius 3 is 2.90 bits per heavy atom. The lowest BCUT2D eigenvalue weighted by molar-refractivity contribution is -0.134. The molecule has 1 amide bonds. The maximum absolute atomic E-state index is 14.5. The Bertz CT molecular complexity index is 984. The van der Waals surface area contributed by atoms with Gasteiger partial charge in [-0.3, -0.25) is 4.79 Å². The number of benzene rings is 2. The fourth-order valence-electron chi connectivity index (χ4n) is 3.93. The number of nitrogens with zero attached hydrogens (tertiary/aromatic N) is 2. The third-order valence-corrected chi connectivity index (χ3v) is 6.77. The number of hydrazone groups is 1. The van der Waals surface area contributed by atoms with Gasteiger partial charge in [0.1, 0.15) is 22.4 Å². The standard InChI is InChI=1S/C21H21F2N3O2S/c1-13(27)26-21(29-20(25-26)16-11-15(22)8-9-18(16)23)14(5-4-10-24)12-28-19-7-3-2-6-17(19)21/h2-3,6-9,11,14H,4-5,10,12,24H2,1H3/t14-,21+/m1/s1. The van der Waals surface area contributed by atoms with Crippen LogP contribution >= 0.6 is 11.8 Å². The van der Waals surface area contributed by atoms with E-state index in [2.05, 4.69) is 5.10 Å². The summed E-state index contributed by atoms with van der Waals surface area (Å²) in [5.74, 6) is -0.887. The highest BCUT2D eigenvalue weighted by Gasteiger charge is 2.56. The highest BCUT2D eigenvalue weighted by molar-refractivity contribution is 8.15. The Hall–Kier alpha value is -2.45. The molecule has 4 rings (SSSR count). The molecule has 2 aliphatic rings. The van der Waals surface area contributed by atoms with E-state index in [9.17, 15) is 13.6 Å².